The summed E-state index contributed by atoms with van der Waals surface area (Å²) in [6.45, 7) is 0. The summed E-state index contributed by atoms with van der Waals surface area (Å²) in [7, 11) is 0. The van der Waals surface area contributed by atoms with Crippen LogP contribution in [0.15, 0.2) is 154 Å². The minimum atomic E-state index is 1.23. The summed E-state index contributed by atoms with van der Waals surface area (Å²) >= 11 is 5.39. The molecule has 0 amide bonds. The average molecular weight is 597 g/mol. The molecule has 0 aliphatic heterocycles. The van der Waals surface area contributed by atoms with Crippen LogP contribution < -0.4 is 0 Å². The van der Waals surface area contributed by atoms with Crippen LogP contribution in [0.25, 0.3) is 55.6 Å². The van der Waals surface area contributed by atoms with Crippen LogP contribution in [0.5, 0.6) is 0 Å². The molecule has 0 heterocycles. The first kappa shape index (κ1) is 28.5. The highest BCUT2D eigenvalue weighted by atomic mass is 32.2. The van der Waals surface area contributed by atoms with Gasteiger partial charge < -0.3 is 0 Å². The van der Waals surface area contributed by atoms with E-state index >= 15 is 0 Å². The van der Waals surface area contributed by atoms with E-state index < -0.39 is 0 Å². The molecule has 0 saturated heterocycles. The monoisotopic (exact) mass is 596 g/mol. The van der Waals surface area contributed by atoms with Gasteiger partial charge >= 0.3 is 0 Å². The quantitative estimate of drug-likeness (QED) is 0.160. The fraction of sp³-hybridized carbons (Fsp3) is 0.0769. The predicted molar refractivity (Wildman–Crippen MR) is 189 cm³/mol. The van der Waals surface area contributed by atoms with Crippen LogP contribution in [0.2, 0.25) is 0 Å². The van der Waals surface area contributed by atoms with E-state index in [2.05, 4.69) is 158 Å². The van der Waals surface area contributed by atoms with Crippen LogP contribution in [-0.2, 0) is 0 Å². The molecule has 6 aromatic carbocycles. The number of rotatable bonds is 8. The van der Waals surface area contributed by atoms with Gasteiger partial charge in [-0.25, -0.2) is 0 Å². The first-order chi connectivity index (χ1) is 20.7. The second-order valence-corrected chi connectivity index (χ2v) is 12.6. The van der Waals surface area contributed by atoms with E-state index in [1.54, 1.807) is 23.5 Å². The van der Waals surface area contributed by atoms with Crippen LogP contribution >= 0.6 is 35.3 Å². The van der Waals surface area contributed by atoms with Gasteiger partial charge in [-0.05, 0) is 111 Å². The van der Waals surface area contributed by atoms with Crippen molar-refractivity contribution in [2.75, 3.05) is 18.8 Å². The third-order valence-electron chi connectivity index (χ3n) is 7.65. The standard InChI is InChI=1S/C39H32S3/c1-40-31-21-17-28(18-22-31)32-13-7-9-15-34(32)35-16-10-8-14-33(35)30-20-24-39(42-3)37(26-30)36-25-29(19-23-38(36)41-2)27-11-5-4-6-12-27/h4-26H,1-3H3. The van der Waals surface area contributed by atoms with E-state index in [9.17, 15) is 0 Å². The molecule has 3 heteroatoms. The molecule has 206 valence electrons. The van der Waals surface area contributed by atoms with Crippen molar-refractivity contribution in [1.82, 2.24) is 0 Å². The van der Waals surface area contributed by atoms with Gasteiger partial charge in [-0.15, -0.1) is 35.3 Å². The summed E-state index contributed by atoms with van der Waals surface area (Å²) in [5, 5.41) is 0. The molecule has 0 fully saturated rings. The Morgan fingerprint density at radius 2 is 0.762 bits per heavy atom. The molecule has 0 atom stereocenters. The van der Waals surface area contributed by atoms with Crippen molar-refractivity contribution in [3.63, 3.8) is 0 Å². The van der Waals surface area contributed by atoms with Crippen molar-refractivity contribution in [1.29, 1.82) is 0 Å². The first-order valence-corrected chi connectivity index (χ1v) is 17.6. The Morgan fingerprint density at radius 1 is 0.310 bits per heavy atom. The number of benzene rings is 6. The molecule has 0 aromatic heterocycles. The lowest BCUT2D eigenvalue weighted by Crippen LogP contribution is -1.92. The minimum Gasteiger partial charge on any atom is -0.130 e. The molecule has 0 bridgehead atoms. The molecule has 42 heavy (non-hydrogen) atoms. The van der Waals surface area contributed by atoms with Crippen LogP contribution in [-0.4, -0.2) is 18.8 Å². The third-order valence-corrected chi connectivity index (χ3v) is 9.99. The Morgan fingerprint density at radius 3 is 1.31 bits per heavy atom. The van der Waals surface area contributed by atoms with Crippen molar-refractivity contribution in [3.05, 3.63) is 140 Å². The Bertz CT molecular complexity index is 1820. The van der Waals surface area contributed by atoms with Crippen LogP contribution in [0, 0.1) is 0 Å². The summed E-state index contributed by atoms with van der Waals surface area (Å²) in [5.41, 5.74) is 12.5. The van der Waals surface area contributed by atoms with E-state index in [1.165, 1.54) is 70.3 Å². The first-order valence-electron chi connectivity index (χ1n) is 13.9. The minimum absolute atomic E-state index is 1.23. The molecule has 0 nitrogen and oxygen atoms in total. The molecule has 6 rings (SSSR count). The molecule has 0 radical (unpaired) electrons. The lowest BCUT2D eigenvalue weighted by molar-refractivity contribution is 1.38. The Labute approximate surface area is 262 Å². The van der Waals surface area contributed by atoms with Crippen molar-refractivity contribution < 1.29 is 0 Å². The topological polar surface area (TPSA) is 0 Å². The predicted octanol–water partition coefficient (Wildman–Crippen LogP) is 12.2. The van der Waals surface area contributed by atoms with E-state index in [0.29, 0.717) is 0 Å². The highest BCUT2D eigenvalue weighted by molar-refractivity contribution is 7.99. The van der Waals surface area contributed by atoms with Gasteiger partial charge in [-0.1, -0.05) is 103 Å². The highest BCUT2D eigenvalue weighted by Gasteiger charge is 2.16. The van der Waals surface area contributed by atoms with E-state index in [1.807, 2.05) is 11.8 Å². The average Bonchev–Trinajstić information content (AvgIpc) is 3.08. The second kappa shape index (κ2) is 13.1. The molecular formula is C39H32S3. The highest BCUT2D eigenvalue weighted by Crippen LogP contribution is 2.43. The number of hydrogen-bond donors (Lipinski definition) is 0. The maximum Gasteiger partial charge on any atom is 0.0148 e. The Balaban J connectivity index is 1.50. The van der Waals surface area contributed by atoms with E-state index in [-0.39, 0.29) is 0 Å². The molecule has 0 N–H and O–H groups in total. The zero-order chi connectivity index (χ0) is 28.9. The smallest absolute Gasteiger partial charge is 0.0148 e. The summed E-state index contributed by atoms with van der Waals surface area (Å²) in [4.78, 5) is 3.85. The zero-order valence-corrected chi connectivity index (χ0v) is 26.5. The fourth-order valence-corrected chi connectivity index (χ4v) is 7.12. The Kier molecular flexibility index (Phi) is 8.90. The lowest BCUT2D eigenvalue weighted by atomic mass is 9.88. The number of hydrogen-bond acceptors (Lipinski definition) is 3. The van der Waals surface area contributed by atoms with Crippen LogP contribution in [0.4, 0.5) is 0 Å². The van der Waals surface area contributed by atoms with Crippen LogP contribution in [0.3, 0.4) is 0 Å². The molecule has 6 aromatic rings. The van der Waals surface area contributed by atoms with E-state index in [4.69, 9.17) is 0 Å². The lowest BCUT2D eigenvalue weighted by Gasteiger charge is -2.18. The summed E-state index contributed by atoms with van der Waals surface area (Å²) in [6.07, 6.45) is 6.46. The van der Waals surface area contributed by atoms with Crippen molar-refractivity contribution in [2.45, 2.75) is 14.7 Å². The van der Waals surface area contributed by atoms with Crippen molar-refractivity contribution >= 4 is 35.3 Å². The zero-order valence-electron chi connectivity index (χ0n) is 24.0. The third kappa shape index (κ3) is 5.83. The van der Waals surface area contributed by atoms with Gasteiger partial charge in [0.2, 0.25) is 0 Å². The van der Waals surface area contributed by atoms with Gasteiger partial charge in [0.15, 0.2) is 0 Å². The molecule has 0 aliphatic carbocycles. The fourth-order valence-electron chi connectivity index (χ4n) is 5.52. The largest absolute Gasteiger partial charge is 0.130 e. The molecular weight excluding hydrogens is 565 g/mol. The van der Waals surface area contributed by atoms with Crippen molar-refractivity contribution in [2.24, 2.45) is 0 Å². The summed E-state index contributed by atoms with van der Waals surface area (Å²) in [5.74, 6) is 0. The van der Waals surface area contributed by atoms with Gasteiger partial charge in [0.05, 0.1) is 0 Å². The maximum absolute atomic E-state index is 2.39. The molecule has 0 spiro atoms. The normalized spacial score (nSPS) is 11.0. The van der Waals surface area contributed by atoms with Gasteiger partial charge in [-0.2, -0.15) is 0 Å². The molecule has 0 aliphatic rings. The number of thioether (sulfide) groups is 3. The summed E-state index contributed by atoms with van der Waals surface area (Å²) in [6, 6.07) is 51.0. The SMILES string of the molecule is CSc1ccc(-c2ccccc2-c2ccccc2-c2ccc(SC)c(-c3cc(-c4ccccc4)ccc3SC)c2)cc1. The maximum atomic E-state index is 2.39. The second-order valence-electron chi connectivity index (χ2n) is 10.0. The van der Waals surface area contributed by atoms with Gasteiger partial charge in [-0.3, -0.25) is 0 Å². The molecule has 0 unspecified atom stereocenters. The van der Waals surface area contributed by atoms with E-state index in [0.717, 1.165) is 0 Å². The van der Waals surface area contributed by atoms with Crippen molar-refractivity contribution in [3.8, 4) is 55.6 Å². The van der Waals surface area contributed by atoms with Gasteiger partial charge in [0, 0.05) is 14.7 Å². The van der Waals surface area contributed by atoms with Crippen LogP contribution in [0.1, 0.15) is 0 Å². The van der Waals surface area contributed by atoms with Gasteiger partial charge in [0.25, 0.3) is 0 Å². The van der Waals surface area contributed by atoms with Gasteiger partial charge in [0.1, 0.15) is 0 Å². The molecule has 0 saturated carbocycles. The summed E-state index contributed by atoms with van der Waals surface area (Å²) < 4.78 is 0. The Hall–Kier alpha value is -3.63.